The van der Waals surface area contributed by atoms with Crippen LogP contribution in [0.4, 0.5) is 0 Å². The van der Waals surface area contributed by atoms with E-state index in [0.29, 0.717) is 17.7 Å². The van der Waals surface area contributed by atoms with Crippen molar-refractivity contribution in [2.45, 2.75) is 26.2 Å². The molecule has 3 nitrogen and oxygen atoms in total. The maximum atomic E-state index is 11.7. The predicted octanol–water partition coefficient (Wildman–Crippen LogP) is 2.59. The quantitative estimate of drug-likeness (QED) is 0.796. The van der Waals surface area contributed by atoms with Crippen molar-refractivity contribution in [2.24, 2.45) is 5.92 Å². The summed E-state index contributed by atoms with van der Waals surface area (Å²) in [6, 6.07) is 10.6. The molecule has 20 heavy (non-hydrogen) atoms. The molecule has 3 heteroatoms. The Hall–Kier alpha value is -1.35. The van der Waals surface area contributed by atoms with E-state index in [-0.39, 0.29) is 0 Å². The first kappa shape index (κ1) is 15.0. The topological polar surface area (TPSA) is 23.6 Å². The van der Waals surface area contributed by atoms with Crippen LogP contribution in [0.2, 0.25) is 0 Å². The van der Waals surface area contributed by atoms with Gasteiger partial charge >= 0.3 is 0 Å². The standard InChI is InChI=1S/C17H26N2O/c1-4-19-13-15(10-17(19)20)12-18(3)11-14(2)16-8-6-5-7-9-16/h5-9,14-15H,4,10-13H2,1-3H3/t14-,15+/m1/s1. The van der Waals surface area contributed by atoms with Gasteiger partial charge in [0.25, 0.3) is 0 Å². The lowest BCUT2D eigenvalue weighted by molar-refractivity contribution is -0.127. The van der Waals surface area contributed by atoms with Crippen molar-refractivity contribution in [1.29, 1.82) is 0 Å². The van der Waals surface area contributed by atoms with Crippen LogP contribution in [-0.2, 0) is 4.79 Å². The Bertz CT molecular complexity index is 432. The third kappa shape index (κ3) is 3.83. The monoisotopic (exact) mass is 274 g/mol. The molecule has 0 N–H and O–H groups in total. The van der Waals surface area contributed by atoms with Crippen molar-refractivity contribution in [3.8, 4) is 0 Å². The molecule has 110 valence electrons. The third-order valence-electron chi connectivity index (χ3n) is 4.20. The summed E-state index contributed by atoms with van der Waals surface area (Å²) in [7, 11) is 2.17. The number of hydrogen-bond donors (Lipinski definition) is 0. The summed E-state index contributed by atoms with van der Waals surface area (Å²) in [5.41, 5.74) is 1.39. The molecule has 2 rings (SSSR count). The molecule has 1 aliphatic rings. The maximum Gasteiger partial charge on any atom is 0.222 e. The van der Waals surface area contributed by atoms with Crippen molar-refractivity contribution in [3.05, 3.63) is 35.9 Å². The second-order valence-corrected chi connectivity index (χ2v) is 6.04. The fourth-order valence-corrected chi connectivity index (χ4v) is 3.15. The molecule has 1 fully saturated rings. The average Bonchev–Trinajstić information content (AvgIpc) is 2.79. The van der Waals surface area contributed by atoms with Crippen molar-refractivity contribution in [1.82, 2.24) is 9.80 Å². The second-order valence-electron chi connectivity index (χ2n) is 6.04. The van der Waals surface area contributed by atoms with Gasteiger partial charge in [0.1, 0.15) is 0 Å². The van der Waals surface area contributed by atoms with Crippen molar-refractivity contribution < 1.29 is 4.79 Å². The van der Waals surface area contributed by atoms with E-state index in [2.05, 4.69) is 56.1 Å². The van der Waals surface area contributed by atoms with E-state index < -0.39 is 0 Å². The summed E-state index contributed by atoms with van der Waals surface area (Å²) in [4.78, 5) is 16.1. The lowest BCUT2D eigenvalue weighted by Gasteiger charge is -2.24. The molecule has 0 spiro atoms. The number of benzene rings is 1. The SMILES string of the molecule is CCN1C[C@H](CN(C)C[C@@H](C)c2ccccc2)CC1=O. The Morgan fingerprint density at radius 3 is 2.65 bits per heavy atom. The van der Waals surface area contributed by atoms with Crippen molar-refractivity contribution >= 4 is 5.91 Å². The fraction of sp³-hybridized carbons (Fsp3) is 0.588. The molecule has 0 saturated carbocycles. The number of carbonyl (C=O) groups is 1. The van der Waals surface area contributed by atoms with Gasteiger partial charge < -0.3 is 9.80 Å². The number of likely N-dealkylation sites (N-methyl/N-ethyl adjacent to an activating group) is 1. The van der Waals surface area contributed by atoms with Crippen LogP contribution in [0.15, 0.2) is 30.3 Å². The molecule has 0 unspecified atom stereocenters. The van der Waals surface area contributed by atoms with Crippen LogP contribution < -0.4 is 0 Å². The van der Waals surface area contributed by atoms with E-state index in [1.54, 1.807) is 0 Å². The Balaban J connectivity index is 1.81. The van der Waals surface area contributed by atoms with Crippen LogP contribution in [0.3, 0.4) is 0 Å². The van der Waals surface area contributed by atoms with Gasteiger partial charge in [-0.15, -0.1) is 0 Å². The Morgan fingerprint density at radius 1 is 1.35 bits per heavy atom. The van der Waals surface area contributed by atoms with E-state index in [9.17, 15) is 4.79 Å². The zero-order chi connectivity index (χ0) is 14.5. The summed E-state index contributed by atoms with van der Waals surface area (Å²) in [5.74, 6) is 1.35. The van der Waals surface area contributed by atoms with Crippen LogP contribution in [-0.4, -0.2) is 48.9 Å². The molecule has 1 amide bonds. The van der Waals surface area contributed by atoms with Crippen LogP contribution in [0.25, 0.3) is 0 Å². The zero-order valence-corrected chi connectivity index (χ0v) is 12.9. The molecule has 1 saturated heterocycles. The highest BCUT2D eigenvalue weighted by molar-refractivity contribution is 5.78. The minimum Gasteiger partial charge on any atom is -0.343 e. The van der Waals surface area contributed by atoms with Crippen LogP contribution in [0.1, 0.15) is 31.7 Å². The molecule has 0 aliphatic carbocycles. The number of amides is 1. The average molecular weight is 274 g/mol. The normalized spacial score (nSPS) is 20.7. The third-order valence-corrected chi connectivity index (χ3v) is 4.20. The number of hydrogen-bond acceptors (Lipinski definition) is 2. The lowest BCUT2D eigenvalue weighted by Crippen LogP contribution is -2.31. The summed E-state index contributed by atoms with van der Waals surface area (Å²) in [5, 5.41) is 0. The van der Waals surface area contributed by atoms with E-state index in [4.69, 9.17) is 0 Å². The molecule has 1 aromatic rings. The smallest absolute Gasteiger partial charge is 0.222 e. The first-order chi connectivity index (χ1) is 9.60. The lowest BCUT2D eigenvalue weighted by atomic mass is 10.00. The second kappa shape index (κ2) is 6.89. The van der Waals surface area contributed by atoms with E-state index in [0.717, 1.165) is 32.6 Å². The number of nitrogens with zero attached hydrogens (tertiary/aromatic N) is 2. The highest BCUT2D eigenvalue weighted by Crippen LogP contribution is 2.20. The summed E-state index contributed by atoms with van der Waals surface area (Å²) in [6.45, 7) is 8.16. The minimum absolute atomic E-state index is 0.321. The van der Waals surface area contributed by atoms with E-state index >= 15 is 0 Å². The number of likely N-dealkylation sites (tertiary alicyclic amines) is 1. The van der Waals surface area contributed by atoms with E-state index in [1.165, 1.54) is 5.56 Å². The van der Waals surface area contributed by atoms with Gasteiger partial charge in [-0.25, -0.2) is 0 Å². The van der Waals surface area contributed by atoms with Gasteiger partial charge in [0.2, 0.25) is 5.91 Å². The molecule has 0 radical (unpaired) electrons. The van der Waals surface area contributed by atoms with Crippen LogP contribution >= 0.6 is 0 Å². The summed E-state index contributed by atoms with van der Waals surface area (Å²) >= 11 is 0. The highest BCUT2D eigenvalue weighted by atomic mass is 16.2. The summed E-state index contributed by atoms with van der Waals surface area (Å²) < 4.78 is 0. The van der Waals surface area contributed by atoms with Gasteiger partial charge in [0.05, 0.1) is 0 Å². The largest absolute Gasteiger partial charge is 0.343 e. The van der Waals surface area contributed by atoms with Gasteiger partial charge in [-0.1, -0.05) is 37.3 Å². The van der Waals surface area contributed by atoms with Gasteiger partial charge in [-0.3, -0.25) is 4.79 Å². The van der Waals surface area contributed by atoms with Crippen molar-refractivity contribution in [3.63, 3.8) is 0 Å². The molecular weight excluding hydrogens is 248 g/mol. The highest BCUT2D eigenvalue weighted by Gasteiger charge is 2.29. The summed E-state index contributed by atoms with van der Waals surface area (Å²) in [6.07, 6.45) is 0.720. The van der Waals surface area contributed by atoms with Gasteiger partial charge in [-0.05, 0) is 31.4 Å². The molecular formula is C17H26N2O. The molecule has 1 heterocycles. The predicted molar refractivity (Wildman–Crippen MR) is 82.7 cm³/mol. The Labute approximate surface area is 122 Å². The fourth-order valence-electron chi connectivity index (χ4n) is 3.15. The Morgan fingerprint density at radius 2 is 2.05 bits per heavy atom. The molecule has 1 aliphatic heterocycles. The van der Waals surface area contributed by atoms with E-state index in [1.807, 2.05) is 4.90 Å². The first-order valence-corrected chi connectivity index (χ1v) is 7.61. The molecule has 0 bridgehead atoms. The van der Waals surface area contributed by atoms with Gasteiger partial charge in [0, 0.05) is 32.6 Å². The number of carbonyl (C=O) groups excluding carboxylic acids is 1. The first-order valence-electron chi connectivity index (χ1n) is 7.61. The molecule has 1 aromatic carbocycles. The van der Waals surface area contributed by atoms with Gasteiger partial charge in [-0.2, -0.15) is 0 Å². The zero-order valence-electron chi connectivity index (χ0n) is 12.9. The van der Waals surface area contributed by atoms with Crippen molar-refractivity contribution in [2.75, 3.05) is 33.2 Å². The number of rotatable bonds is 6. The van der Waals surface area contributed by atoms with Gasteiger partial charge in [0.15, 0.2) is 0 Å². The van der Waals surface area contributed by atoms with Crippen LogP contribution in [0, 0.1) is 5.92 Å². The molecule has 2 atom stereocenters. The maximum absolute atomic E-state index is 11.7. The van der Waals surface area contributed by atoms with Crippen LogP contribution in [0.5, 0.6) is 0 Å². The Kier molecular flexibility index (Phi) is 5.18. The minimum atomic E-state index is 0.321. The molecule has 0 aromatic heterocycles.